The molecule has 0 saturated carbocycles. The lowest BCUT2D eigenvalue weighted by atomic mass is 9.80. The van der Waals surface area contributed by atoms with Crippen LogP contribution in [0.2, 0.25) is 0 Å². The van der Waals surface area contributed by atoms with Crippen molar-refractivity contribution in [2.45, 2.75) is 6.42 Å². The minimum absolute atomic E-state index is 0.306. The van der Waals surface area contributed by atoms with Crippen LogP contribution in [0.4, 0.5) is 4.39 Å². The van der Waals surface area contributed by atoms with Crippen molar-refractivity contribution in [2.24, 2.45) is 5.41 Å². The largest absolute Gasteiger partial charge is 0.468 e. The molecule has 1 aliphatic rings. The zero-order valence-corrected chi connectivity index (χ0v) is 10.9. The second-order valence-electron chi connectivity index (χ2n) is 4.18. The average molecular weight is 303 g/mol. The van der Waals surface area contributed by atoms with Crippen LogP contribution in [0.5, 0.6) is 0 Å². The van der Waals surface area contributed by atoms with Crippen molar-refractivity contribution >= 4 is 21.9 Å². The molecule has 1 heterocycles. The molecule has 1 aliphatic heterocycles. The topological polar surface area (TPSA) is 35.5 Å². The molecule has 0 spiro atoms. The standard InChI is InChI=1S/C12H12BrFO3/c1-16-11(15)12(6-17-7-12)5-8-4-9(14)2-3-10(8)13/h2-4H,5-7H2,1H3. The molecule has 0 bridgehead atoms. The third-order valence-electron chi connectivity index (χ3n) is 2.91. The van der Waals surface area contributed by atoms with Crippen LogP contribution in [0, 0.1) is 11.2 Å². The summed E-state index contributed by atoms with van der Waals surface area (Å²) in [5.74, 6) is -0.622. The van der Waals surface area contributed by atoms with Crippen molar-refractivity contribution in [1.82, 2.24) is 0 Å². The molecule has 1 aromatic carbocycles. The Labute approximate surface area is 107 Å². The highest BCUT2D eigenvalue weighted by Gasteiger charge is 2.47. The van der Waals surface area contributed by atoms with Crippen molar-refractivity contribution in [1.29, 1.82) is 0 Å². The molecule has 0 N–H and O–H groups in total. The number of rotatable bonds is 3. The van der Waals surface area contributed by atoms with Crippen molar-refractivity contribution in [2.75, 3.05) is 20.3 Å². The third-order valence-corrected chi connectivity index (χ3v) is 3.69. The fourth-order valence-corrected chi connectivity index (χ4v) is 2.29. The van der Waals surface area contributed by atoms with E-state index in [0.29, 0.717) is 19.6 Å². The second-order valence-corrected chi connectivity index (χ2v) is 5.03. The lowest BCUT2D eigenvalue weighted by molar-refractivity contribution is -0.182. The molecule has 0 amide bonds. The summed E-state index contributed by atoms with van der Waals surface area (Å²) < 4.78 is 23.8. The van der Waals surface area contributed by atoms with Gasteiger partial charge in [0.1, 0.15) is 11.2 Å². The first-order valence-corrected chi connectivity index (χ1v) is 5.97. The maximum Gasteiger partial charge on any atom is 0.316 e. The van der Waals surface area contributed by atoms with Gasteiger partial charge in [-0.15, -0.1) is 0 Å². The Morgan fingerprint density at radius 1 is 1.59 bits per heavy atom. The van der Waals surface area contributed by atoms with E-state index >= 15 is 0 Å². The fourth-order valence-electron chi connectivity index (χ4n) is 1.90. The molecule has 0 aromatic heterocycles. The Kier molecular flexibility index (Phi) is 3.49. The van der Waals surface area contributed by atoms with Crippen LogP contribution in [0.25, 0.3) is 0 Å². The highest BCUT2D eigenvalue weighted by molar-refractivity contribution is 9.10. The second kappa shape index (κ2) is 4.74. The number of benzene rings is 1. The smallest absolute Gasteiger partial charge is 0.316 e. The predicted octanol–water partition coefficient (Wildman–Crippen LogP) is 2.32. The first kappa shape index (κ1) is 12.5. The maximum absolute atomic E-state index is 13.2. The van der Waals surface area contributed by atoms with E-state index in [4.69, 9.17) is 9.47 Å². The van der Waals surface area contributed by atoms with Crippen LogP contribution in [0.1, 0.15) is 5.56 Å². The van der Waals surface area contributed by atoms with Crippen LogP contribution in [-0.2, 0) is 20.7 Å². The van der Waals surface area contributed by atoms with E-state index in [2.05, 4.69) is 15.9 Å². The number of hydrogen-bond donors (Lipinski definition) is 0. The van der Waals surface area contributed by atoms with E-state index in [1.165, 1.54) is 19.2 Å². The van der Waals surface area contributed by atoms with Gasteiger partial charge >= 0.3 is 5.97 Å². The van der Waals surface area contributed by atoms with Gasteiger partial charge in [0.25, 0.3) is 0 Å². The van der Waals surface area contributed by atoms with Gasteiger partial charge in [-0.1, -0.05) is 15.9 Å². The maximum atomic E-state index is 13.2. The highest BCUT2D eigenvalue weighted by atomic mass is 79.9. The molecule has 5 heteroatoms. The van der Waals surface area contributed by atoms with Gasteiger partial charge in [-0.2, -0.15) is 0 Å². The van der Waals surface area contributed by atoms with Gasteiger partial charge in [-0.25, -0.2) is 4.39 Å². The minimum Gasteiger partial charge on any atom is -0.468 e. The van der Waals surface area contributed by atoms with Crippen LogP contribution in [0.3, 0.4) is 0 Å². The summed E-state index contributed by atoms with van der Waals surface area (Å²) in [7, 11) is 1.35. The molecule has 0 unspecified atom stereocenters. The van der Waals surface area contributed by atoms with Crippen LogP contribution >= 0.6 is 15.9 Å². The number of carbonyl (C=O) groups is 1. The normalized spacial score (nSPS) is 17.4. The number of hydrogen-bond acceptors (Lipinski definition) is 3. The molecule has 0 aliphatic carbocycles. The van der Waals surface area contributed by atoms with E-state index in [1.807, 2.05) is 0 Å². The monoisotopic (exact) mass is 302 g/mol. The Balaban J connectivity index is 2.24. The molecular formula is C12H12BrFO3. The number of ether oxygens (including phenoxy) is 2. The summed E-state index contributed by atoms with van der Waals surface area (Å²) >= 11 is 3.35. The first-order valence-electron chi connectivity index (χ1n) is 5.17. The van der Waals surface area contributed by atoms with E-state index in [9.17, 15) is 9.18 Å². The van der Waals surface area contributed by atoms with Gasteiger partial charge in [0.2, 0.25) is 0 Å². The molecule has 1 fully saturated rings. The minimum atomic E-state index is -0.662. The summed E-state index contributed by atoms with van der Waals surface area (Å²) in [6, 6.07) is 4.43. The molecule has 17 heavy (non-hydrogen) atoms. The fraction of sp³-hybridized carbons (Fsp3) is 0.417. The van der Waals surface area contributed by atoms with Crippen molar-refractivity contribution in [3.05, 3.63) is 34.1 Å². The Bertz CT molecular complexity index is 443. The Morgan fingerprint density at radius 3 is 2.82 bits per heavy atom. The summed E-state index contributed by atoms with van der Waals surface area (Å²) in [6.45, 7) is 0.644. The summed E-state index contributed by atoms with van der Waals surface area (Å²) in [5.41, 5.74) is 0.0872. The first-order chi connectivity index (χ1) is 8.07. The van der Waals surface area contributed by atoms with Crippen LogP contribution in [0.15, 0.2) is 22.7 Å². The predicted molar refractivity (Wildman–Crippen MR) is 63.1 cm³/mol. The van der Waals surface area contributed by atoms with Crippen molar-refractivity contribution in [3.8, 4) is 0 Å². The van der Waals surface area contributed by atoms with Gasteiger partial charge in [-0.3, -0.25) is 4.79 Å². The summed E-state index contributed by atoms with van der Waals surface area (Å²) in [6.07, 6.45) is 0.415. The molecule has 0 radical (unpaired) electrons. The summed E-state index contributed by atoms with van der Waals surface area (Å²) in [5, 5.41) is 0. The molecule has 0 atom stereocenters. The Morgan fingerprint density at radius 2 is 2.29 bits per heavy atom. The van der Waals surface area contributed by atoms with Crippen LogP contribution in [-0.4, -0.2) is 26.3 Å². The molecule has 1 aromatic rings. The SMILES string of the molecule is COC(=O)C1(Cc2cc(F)ccc2Br)COC1. The number of methoxy groups -OCH3 is 1. The average Bonchev–Trinajstić information content (AvgIpc) is 2.27. The summed E-state index contributed by atoms with van der Waals surface area (Å²) in [4.78, 5) is 11.7. The molecular weight excluding hydrogens is 291 g/mol. The van der Waals surface area contributed by atoms with Crippen molar-refractivity contribution < 1.29 is 18.7 Å². The van der Waals surface area contributed by atoms with Gasteiger partial charge in [0.15, 0.2) is 0 Å². The number of esters is 1. The zero-order chi connectivity index (χ0) is 12.5. The molecule has 1 saturated heterocycles. The van der Waals surface area contributed by atoms with Gasteiger partial charge < -0.3 is 9.47 Å². The van der Waals surface area contributed by atoms with Crippen LogP contribution < -0.4 is 0 Å². The molecule has 3 nitrogen and oxygen atoms in total. The van der Waals surface area contributed by atoms with Crippen molar-refractivity contribution in [3.63, 3.8) is 0 Å². The van der Waals surface area contributed by atoms with Gasteiger partial charge in [-0.05, 0) is 30.2 Å². The quantitative estimate of drug-likeness (QED) is 0.804. The van der Waals surface area contributed by atoms with Gasteiger partial charge in [0.05, 0.1) is 20.3 Å². The highest BCUT2D eigenvalue weighted by Crippen LogP contribution is 2.35. The number of halogens is 2. The number of carbonyl (C=O) groups excluding carboxylic acids is 1. The van der Waals surface area contributed by atoms with E-state index in [-0.39, 0.29) is 11.8 Å². The van der Waals surface area contributed by atoms with E-state index in [1.54, 1.807) is 6.07 Å². The Hall–Kier alpha value is -0.940. The zero-order valence-electron chi connectivity index (χ0n) is 9.33. The van der Waals surface area contributed by atoms with Gasteiger partial charge in [0, 0.05) is 4.47 Å². The van der Waals surface area contributed by atoms with E-state index < -0.39 is 5.41 Å². The molecule has 2 rings (SSSR count). The van der Waals surface area contributed by atoms with E-state index in [0.717, 1.165) is 10.0 Å². The lowest BCUT2D eigenvalue weighted by Gasteiger charge is -2.38. The third kappa shape index (κ3) is 2.35. The molecule has 92 valence electrons. The lowest BCUT2D eigenvalue weighted by Crippen LogP contribution is -2.51.